The summed E-state index contributed by atoms with van der Waals surface area (Å²) in [5, 5.41) is 0.489. The second kappa shape index (κ2) is 6.82. The molecule has 1 N–H and O–H groups in total. The van der Waals surface area contributed by atoms with Crippen molar-refractivity contribution in [2.24, 2.45) is 0 Å². The van der Waals surface area contributed by atoms with E-state index < -0.39 is 0 Å². The molecular weight excluding hydrogens is 282 g/mol. The Balaban J connectivity index is 1.53. The van der Waals surface area contributed by atoms with Crippen molar-refractivity contribution in [2.45, 2.75) is 6.61 Å². The van der Waals surface area contributed by atoms with Crippen molar-refractivity contribution < 1.29 is 9.47 Å². The lowest BCUT2D eigenvalue weighted by atomic mass is 10.2. The van der Waals surface area contributed by atoms with Crippen LogP contribution in [-0.2, 0) is 11.3 Å². The lowest BCUT2D eigenvalue weighted by Gasteiger charge is -2.07. The van der Waals surface area contributed by atoms with Crippen LogP contribution in [0.4, 0.5) is 0 Å². The van der Waals surface area contributed by atoms with Gasteiger partial charge >= 0.3 is 0 Å². The van der Waals surface area contributed by atoms with Gasteiger partial charge in [-0.1, -0.05) is 30.3 Å². The topological polar surface area (TPSA) is 77.1 Å². The number of fused-ring (bicyclic) bond motifs is 1. The number of H-pyrrole nitrogens is 1. The summed E-state index contributed by atoms with van der Waals surface area (Å²) < 4.78 is 10.9. The molecule has 0 aliphatic heterocycles. The Bertz CT molecular complexity index is 802. The maximum atomic E-state index is 11.8. The molecule has 1 aromatic carbocycles. The van der Waals surface area contributed by atoms with Gasteiger partial charge in [0.1, 0.15) is 6.61 Å². The van der Waals surface area contributed by atoms with Crippen LogP contribution in [0, 0.1) is 0 Å². The van der Waals surface area contributed by atoms with Crippen LogP contribution in [0.25, 0.3) is 10.9 Å². The number of ether oxygens (including phenoxy) is 2. The molecule has 0 atom stereocenters. The molecule has 112 valence electrons. The highest BCUT2D eigenvalue weighted by Gasteiger charge is 2.04. The molecule has 0 saturated carbocycles. The summed E-state index contributed by atoms with van der Waals surface area (Å²) >= 11 is 0. The van der Waals surface area contributed by atoms with E-state index in [4.69, 9.17) is 9.47 Å². The normalized spacial score (nSPS) is 10.7. The number of hydrogen-bond acceptors (Lipinski definition) is 5. The first-order valence-corrected chi connectivity index (χ1v) is 6.91. The summed E-state index contributed by atoms with van der Waals surface area (Å²) in [4.78, 5) is 22.6. The van der Waals surface area contributed by atoms with Crippen LogP contribution in [-0.4, -0.2) is 28.2 Å². The number of nitrogens with zero attached hydrogens (tertiary/aromatic N) is 2. The first-order valence-electron chi connectivity index (χ1n) is 6.91. The molecule has 0 unspecified atom stereocenters. The number of nitrogens with one attached hydrogen (secondary N) is 1. The van der Waals surface area contributed by atoms with E-state index in [-0.39, 0.29) is 11.6 Å². The standard InChI is InChI=1S/C16H15N3O3/c20-15-13-6-7-17-10-14(13)18-16(19-15)22-9-8-21-11-12-4-2-1-3-5-12/h1-7,10H,8-9,11H2,(H,18,19,20). The summed E-state index contributed by atoms with van der Waals surface area (Å²) in [5.74, 6) is 0. The predicted octanol–water partition coefficient (Wildman–Crippen LogP) is 1.91. The molecule has 0 radical (unpaired) electrons. The Labute approximate surface area is 126 Å². The molecule has 22 heavy (non-hydrogen) atoms. The van der Waals surface area contributed by atoms with Crippen LogP contribution in [0.5, 0.6) is 6.01 Å². The molecule has 0 spiro atoms. The van der Waals surface area contributed by atoms with Gasteiger partial charge in [-0.15, -0.1) is 0 Å². The third-order valence-corrected chi connectivity index (χ3v) is 3.07. The maximum Gasteiger partial charge on any atom is 0.297 e. The first kappa shape index (κ1) is 14.2. The summed E-state index contributed by atoms with van der Waals surface area (Å²) in [6.45, 7) is 1.24. The van der Waals surface area contributed by atoms with Crippen LogP contribution < -0.4 is 10.3 Å². The van der Waals surface area contributed by atoms with Gasteiger partial charge in [0, 0.05) is 6.20 Å². The summed E-state index contributed by atoms with van der Waals surface area (Å²) in [6, 6.07) is 11.7. The van der Waals surface area contributed by atoms with Crippen molar-refractivity contribution in [3.8, 4) is 6.01 Å². The lowest BCUT2D eigenvalue weighted by molar-refractivity contribution is 0.0859. The zero-order valence-electron chi connectivity index (χ0n) is 11.9. The number of rotatable bonds is 6. The number of hydrogen-bond donors (Lipinski definition) is 1. The molecule has 0 amide bonds. The molecule has 0 saturated heterocycles. The zero-order valence-corrected chi connectivity index (χ0v) is 11.9. The Hall–Kier alpha value is -2.73. The molecule has 0 bridgehead atoms. The molecule has 2 aromatic heterocycles. The van der Waals surface area contributed by atoms with Crippen LogP contribution in [0.3, 0.4) is 0 Å². The van der Waals surface area contributed by atoms with Gasteiger partial charge in [-0.2, -0.15) is 4.98 Å². The van der Waals surface area contributed by atoms with Crippen molar-refractivity contribution >= 4 is 10.9 Å². The fourth-order valence-electron chi connectivity index (χ4n) is 2.00. The highest BCUT2D eigenvalue weighted by Crippen LogP contribution is 2.07. The number of aromatic amines is 1. The van der Waals surface area contributed by atoms with Gasteiger partial charge in [-0.05, 0) is 11.6 Å². The van der Waals surface area contributed by atoms with Gasteiger partial charge < -0.3 is 9.47 Å². The van der Waals surface area contributed by atoms with Gasteiger partial charge in [0.15, 0.2) is 0 Å². The monoisotopic (exact) mass is 297 g/mol. The average molecular weight is 297 g/mol. The van der Waals surface area contributed by atoms with Crippen molar-refractivity contribution in [2.75, 3.05) is 13.2 Å². The Morgan fingerprint density at radius 3 is 2.82 bits per heavy atom. The quantitative estimate of drug-likeness (QED) is 0.703. The highest BCUT2D eigenvalue weighted by molar-refractivity contribution is 5.76. The van der Waals surface area contributed by atoms with Gasteiger partial charge in [-0.3, -0.25) is 14.8 Å². The van der Waals surface area contributed by atoms with Crippen molar-refractivity contribution in [3.63, 3.8) is 0 Å². The van der Waals surface area contributed by atoms with Gasteiger partial charge in [0.25, 0.3) is 11.6 Å². The lowest BCUT2D eigenvalue weighted by Crippen LogP contribution is -2.14. The van der Waals surface area contributed by atoms with E-state index >= 15 is 0 Å². The summed E-state index contributed by atoms with van der Waals surface area (Å²) in [6.07, 6.45) is 3.08. The third-order valence-electron chi connectivity index (χ3n) is 3.07. The second-order valence-electron chi connectivity index (χ2n) is 4.65. The predicted molar refractivity (Wildman–Crippen MR) is 81.8 cm³/mol. The molecule has 0 fully saturated rings. The van der Waals surface area contributed by atoms with Gasteiger partial charge in [0.05, 0.1) is 30.3 Å². The van der Waals surface area contributed by atoms with Crippen molar-refractivity contribution in [1.29, 1.82) is 0 Å². The molecule has 0 aliphatic carbocycles. The fraction of sp³-hybridized carbons (Fsp3) is 0.188. The number of benzene rings is 1. The van der Waals surface area contributed by atoms with Crippen molar-refractivity contribution in [3.05, 3.63) is 64.7 Å². The molecule has 3 rings (SSSR count). The third kappa shape index (κ3) is 3.48. The van der Waals surface area contributed by atoms with Gasteiger partial charge in [-0.25, -0.2) is 0 Å². The summed E-state index contributed by atoms with van der Waals surface area (Å²) in [7, 11) is 0. The van der Waals surface area contributed by atoms with E-state index in [0.29, 0.717) is 30.7 Å². The smallest absolute Gasteiger partial charge is 0.297 e. The van der Waals surface area contributed by atoms with E-state index in [9.17, 15) is 4.79 Å². The number of pyridine rings is 1. The minimum Gasteiger partial charge on any atom is -0.462 e. The van der Waals surface area contributed by atoms with Gasteiger partial charge in [0.2, 0.25) is 0 Å². The zero-order chi connectivity index (χ0) is 15.2. The molecule has 0 aliphatic rings. The van der Waals surface area contributed by atoms with E-state index in [1.54, 1.807) is 12.3 Å². The van der Waals surface area contributed by atoms with Crippen LogP contribution in [0.15, 0.2) is 53.6 Å². The largest absolute Gasteiger partial charge is 0.462 e. The summed E-state index contributed by atoms with van der Waals surface area (Å²) in [5.41, 5.74) is 1.37. The van der Waals surface area contributed by atoms with Crippen LogP contribution >= 0.6 is 0 Å². The van der Waals surface area contributed by atoms with E-state index in [1.807, 2.05) is 30.3 Å². The maximum absolute atomic E-state index is 11.8. The van der Waals surface area contributed by atoms with Crippen molar-refractivity contribution in [1.82, 2.24) is 15.0 Å². The number of aromatic nitrogens is 3. The van der Waals surface area contributed by atoms with Crippen LogP contribution in [0.2, 0.25) is 0 Å². The molecule has 3 aromatic rings. The Morgan fingerprint density at radius 1 is 1.09 bits per heavy atom. The Kier molecular flexibility index (Phi) is 4.41. The average Bonchev–Trinajstić information content (AvgIpc) is 2.56. The minimum atomic E-state index is -0.243. The molecular formula is C16H15N3O3. The first-order chi connectivity index (χ1) is 10.8. The molecule has 2 heterocycles. The fourth-order valence-corrected chi connectivity index (χ4v) is 2.00. The van der Waals surface area contributed by atoms with E-state index in [0.717, 1.165) is 5.56 Å². The SMILES string of the molecule is O=c1[nH]c(OCCOCc2ccccc2)nc2cnccc12. The molecule has 6 heteroatoms. The Morgan fingerprint density at radius 2 is 1.95 bits per heavy atom. The molecule has 6 nitrogen and oxygen atoms in total. The second-order valence-corrected chi connectivity index (χ2v) is 4.65. The highest BCUT2D eigenvalue weighted by atomic mass is 16.5. The van der Waals surface area contributed by atoms with E-state index in [2.05, 4.69) is 15.0 Å². The van der Waals surface area contributed by atoms with Crippen LogP contribution in [0.1, 0.15) is 5.56 Å². The minimum absolute atomic E-state index is 0.175. The van der Waals surface area contributed by atoms with E-state index in [1.165, 1.54) is 6.20 Å².